The Bertz CT molecular complexity index is 20.0. The maximum absolute atomic E-state index is 8.28. The Hall–Kier alpha value is -0.0231. The van der Waals surface area contributed by atoms with Gasteiger partial charge >= 0.3 is 0 Å². The second kappa shape index (κ2) is 8.88. The second-order valence-corrected chi connectivity index (χ2v) is 1.09. The summed E-state index contributed by atoms with van der Waals surface area (Å²) in [4.78, 5) is 0. The molecule has 0 spiro atoms. The number of aliphatic hydroxyl groups excluding tert-OH is 1. The summed E-state index contributed by atoms with van der Waals surface area (Å²) >= 11 is 0. The van der Waals surface area contributed by atoms with Crippen LogP contribution >= 0.6 is 0 Å². The Morgan fingerprint density at radius 3 is 1.50 bits per heavy atom. The van der Waals surface area contributed by atoms with Gasteiger partial charge in [0.1, 0.15) is 0 Å². The monoisotopic (exact) mass is 106 g/mol. The van der Waals surface area contributed by atoms with E-state index in [-0.39, 0.29) is 6.10 Å². The van der Waals surface area contributed by atoms with E-state index in [2.05, 4.69) is 0 Å². The van der Waals surface area contributed by atoms with Crippen LogP contribution in [-0.2, 0) is 4.46 Å². The molecule has 0 radical (unpaired) electrons. The predicted molar refractivity (Wildman–Crippen MR) is 26.6 cm³/mol. The van der Waals surface area contributed by atoms with E-state index in [1.54, 1.807) is 13.8 Å². The van der Waals surface area contributed by atoms with Crippen LogP contribution in [0.5, 0.6) is 0 Å². The minimum atomic E-state index is -0.167. The molecule has 0 heterocycles. The molecule has 0 rings (SSSR count). The van der Waals surface area contributed by atoms with E-state index in [4.69, 9.17) is 9.57 Å². The normalized spacial score (nSPS) is 6.67. The largest absolute Gasteiger partial charge is 0.396 e. The summed E-state index contributed by atoms with van der Waals surface area (Å²) in [6.45, 7) is 3.44. The van der Waals surface area contributed by atoms with Crippen molar-refractivity contribution in [1.82, 2.24) is 0 Å². The van der Waals surface area contributed by atoms with Crippen molar-refractivity contribution >= 4 is 10.1 Å². The van der Waals surface area contributed by atoms with Gasteiger partial charge in [0.15, 0.2) is 0 Å². The first kappa shape index (κ1) is 9.36. The van der Waals surface area contributed by atoms with Gasteiger partial charge in [-0.2, -0.15) is 0 Å². The van der Waals surface area contributed by atoms with Crippen LogP contribution in [-0.4, -0.2) is 21.3 Å². The highest BCUT2D eigenvalue weighted by Gasteiger charge is 1.69. The summed E-state index contributed by atoms with van der Waals surface area (Å²) in [6.07, 6.45) is -0.167. The van der Waals surface area contributed by atoms with Crippen molar-refractivity contribution in [2.24, 2.45) is 0 Å². The fourth-order valence-corrected chi connectivity index (χ4v) is 0. The van der Waals surface area contributed by atoms with Gasteiger partial charge in [-0.1, -0.05) is 0 Å². The van der Waals surface area contributed by atoms with Crippen molar-refractivity contribution in [1.29, 1.82) is 0 Å². The molecule has 0 aromatic heterocycles. The van der Waals surface area contributed by atoms with Gasteiger partial charge in [-0.15, -0.1) is 0 Å². The predicted octanol–water partition coefficient (Wildman–Crippen LogP) is -0.648. The molecule has 0 bridgehead atoms. The highest BCUT2D eigenvalue weighted by atomic mass is 28.1. The molecule has 0 aliphatic rings. The van der Waals surface area contributed by atoms with Gasteiger partial charge in [-0.25, -0.2) is 0 Å². The van der Waals surface area contributed by atoms with Gasteiger partial charge in [-0.05, 0) is 13.8 Å². The molecule has 3 heteroatoms. The smallest absolute Gasteiger partial charge is 0.245 e. The van der Waals surface area contributed by atoms with Crippen molar-refractivity contribution in [3.05, 3.63) is 0 Å². The fraction of sp³-hybridized carbons (Fsp3) is 1.00. The highest BCUT2D eigenvalue weighted by Crippen LogP contribution is 1.65. The first-order valence-electron chi connectivity index (χ1n) is 1.70. The third-order valence-corrected chi connectivity index (χ3v) is 0. The summed E-state index contributed by atoms with van der Waals surface area (Å²) < 4.78 is 8.28. The quantitative estimate of drug-likeness (QED) is 0.417. The van der Waals surface area contributed by atoms with E-state index >= 15 is 0 Å². The number of aliphatic hydroxyl groups is 1. The van der Waals surface area contributed by atoms with E-state index in [1.165, 1.54) is 0 Å². The molecule has 6 heavy (non-hydrogen) atoms. The molecule has 2 nitrogen and oxygen atoms in total. The molecule has 0 amide bonds. The zero-order chi connectivity index (χ0) is 5.58. The second-order valence-electron chi connectivity index (χ2n) is 1.09. The minimum absolute atomic E-state index is 0.167. The zero-order valence-electron chi connectivity index (χ0n) is 4.14. The molecule has 0 aromatic carbocycles. The highest BCUT2D eigenvalue weighted by molar-refractivity contribution is 5.85. The lowest BCUT2D eigenvalue weighted by atomic mass is 10.5. The first-order chi connectivity index (χ1) is 2.73. The maximum atomic E-state index is 8.28. The Balaban J connectivity index is 0. The van der Waals surface area contributed by atoms with E-state index < -0.39 is 0 Å². The van der Waals surface area contributed by atoms with Gasteiger partial charge in [0.2, 0.25) is 10.1 Å². The summed E-state index contributed by atoms with van der Waals surface area (Å²) in [6, 6.07) is 0. The van der Waals surface area contributed by atoms with E-state index in [1.807, 2.05) is 0 Å². The van der Waals surface area contributed by atoms with Crippen LogP contribution in [0.4, 0.5) is 0 Å². The van der Waals surface area contributed by atoms with Gasteiger partial charge in [0.05, 0.1) is 0 Å². The Kier molecular flexibility index (Phi) is 13.9. The van der Waals surface area contributed by atoms with Gasteiger partial charge in [0.25, 0.3) is 0 Å². The summed E-state index contributed by atoms with van der Waals surface area (Å²) in [5.41, 5.74) is 0. The Morgan fingerprint density at radius 1 is 1.50 bits per heavy atom. The van der Waals surface area contributed by atoms with Crippen LogP contribution in [0.1, 0.15) is 13.8 Å². The average molecular weight is 106 g/mol. The van der Waals surface area contributed by atoms with Crippen molar-refractivity contribution < 1.29 is 9.57 Å². The minimum Gasteiger partial charge on any atom is -0.396 e. The average Bonchev–Trinajstić information content (AvgIpc) is 1.41. The SMILES string of the molecule is CC(C)O.O=[SiH2]. The summed E-state index contributed by atoms with van der Waals surface area (Å²) in [5, 5.41) is 8.06. The molecule has 0 saturated carbocycles. The molecular formula is C3H10O2Si. The molecule has 0 aliphatic carbocycles. The van der Waals surface area contributed by atoms with Crippen LogP contribution < -0.4 is 0 Å². The first-order valence-corrected chi connectivity index (χ1v) is 2.28. The molecule has 1 N–H and O–H groups in total. The van der Waals surface area contributed by atoms with Crippen LogP contribution in [0.3, 0.4) is 0 Å². The van der Waals surface area contributed by atoms with Gasteiger partial charge in [-0.3, -0.25) is 0 Å². The number of rotatable bonds is 0. The third-order valence-electron chi connectivity index (χ3n) is 0. The van der Waals surface area contributed by atoms with Crippen molar-refractivity contribution in [2.75, 3.05) is 0 Å². The van der Waals surface area contributed by atoms with Crippen LogP contribution in [0.25, 0.3) is 0 Å². The maximum Gasteiger partial charge on any atom is 0.245 e. The standard InChI is InChI=1S/C3H8O.H2OSi/c1-3(2)4;1-2/h3-4H,1-2H3;2H2. The Labute approximate surface area is 40.7 Å². The lowest BCUT2D eigenvalue weighted by Crippen LogP contribution is -1.85. The van der Waals surface area contributed by atoms with Crippen molar-refractivity contribution in [2.45, 2.75) is 20.0 Å². The molecule has 0 aromatic rings. The molecule has 0 saturated heterocycles. The molecule has 0 unspecified atom stereocenters. The molecule has 38 valence electrons. The molecule has 0 aliphatic heterocycles. The number of hydrogen-bond donors (Lipinski definition) is 1. The summed E-state index contributed by atoms with van der Waals surface area (Å²) in [7, 11) is 0.611. The fourth-order valence-electron chi connectivity index (χ4n) is 0. The molecule has 0 fully saturated rings. The van der Waals surface area contributed by atoms with Crippen LogP contribution in [0, 0.1) is 0 Å². The van der Waals surface area contributed by atoms with Crippen LogP contribution in [0.15, 0.2) is 0 Å². The molecular weight excluding hydrogens is 96.1 g/mol. The van der Waals surface area contributed by atoms with Crippen molar-refractivity contribution in [3.63, 3.8) is 0 Å². The Morgan fingerprint density at radius 2 is 1.50 bits per heavy atom. The van der Waals surface area contributed by atoms with E-state index in [9.17, 15) is 0 Å². The van der Waals surface area contributed by atoms with E-state index in [0.29, 0.717) is 10.1 Å². The lowest BCUT2D eigenvalue weighted by Gasteiger charge is -1.80. The summed E-state index contributed by atoms with van der Waals surface area (Å²) in [5.74, 6) is 0. The van der Waals surface area contributed by atoms with Crippen molar-refractivity contribution in [3.8, 4) is 0 Å². The lowest BCUT2D eigenvalue weighted by molar-refractivity contribution is 0.216. The van der Waals surface area contributed by atoms with Gasteiger partial charge < -0.3 is 9.57 Å². The van der Waals surface area contributed by atoms with E-state index in [0.717, 1.165) is 0 Å². The van der Waals surface area contributed by atoms with Crippen LogP contribution in [0.2, 0.25) is 0 Å². The molecule has 0 atom stereocenters. The third kappa shape index (κ3) is 65900. The van der Waals surface area contributed by atoms with Gasteiger partial charge in [0, 0.05) is 6.10 Å². The topological polar surface area (TPSA) is 37.3 Å². The zero-order valence-corrected chi connectivity index (χ0v) is 5.55. The number of hydrogen-bond acceptors (Lipinski definition) is 2.